The lowest BCUT2D eigenvalue weighted by Gasteiger charge is -2.14. The molecule has 0 bridgehead atoms. The van der Waals surface area contributed by atoms with E-state index < -0.39 is 0 Å². The van der Waals surface area contributed by atoms with Crippen molar-refractivity contribution in [2.24, 2.45) is 5.73 Å². The molecule has 94 valence electrons. The van der Waals surface area contributed by atoms with Gasteiger partial charge in [-0.2, -0.15) is 0 Å². The molecule has 3 heteroatoms. The molecule has 0 spiro atoms. The standard InChI is InChI=1S/C15H15ClFN/c16-12-7-4-8-13(17)15(12)14(18)10-9-11-5-2-1-3-6-11/h1-8,14H,9-10,18H2. The lowest BCUT2D eigenvalue weighted by Crippen LogP contribution is -2.13. The van der Waals surface area contributed by atoms with Crippen molar-refractivity contribution in [1.29, 1.82) is 0 Å². The number of nitrogens with two attached hydrogens (primary N) is 1. The van der Waals surface area contributed by atoms with Gasteiger partial charge in [0.05, 0.1) is 0 Å². The molecule has 0 aliphatic rings. The highest BCUT2D eigenvalue weighted by atomic mass is 35.5. The Bertz CT molecular complexity index is 493. The van der Waals surface area contributed by atoms with E-state index in [4.69, 9.17) is 17.3 Å². The third-order valence-corrected chi connectivity index (χ3v) is 3.29. The highest BCUT2D eigenvalue weighted by Gasteiger charge is 2.14. The maximum atomic E-state index is 13.7. The van der Waals surface area contributed by atoms with Gasteiger partial charge >= 0.3 is 0 Å². The van der Waals surface area contributed by atoms with E-state index >= 15 is 0 Å². The number of aryl methyl sites for hydroxylation is 1. The van der Waals surface area contributed by atoms with Crippen LogP contribution in [0.2, 0.25) is 5.02 Å². The van der Waals surface area contributed by atoms with Crippen LogP contribution in [-0.4, -0.2) is 0 Å². The first kappa shape index (κ1) is 13.1. The van der Waals surface area contributed by atoms with Crippen molar-refractivity contribution in [2.75, 3.05) is 0 Å². The van der Waals surface area contributed by atoms with Crippen molar-refractivity contribution in [2.45, 2.75) is 18.9 Å². The normalized spacial score (nSPS) is 12.4. The molecular weight excluding hydrogens is 249 g/mol. The molecule has 0 amide bonds. The van der Waals surface area contributed by atoms with Crippen LogP contribution in [0.5, 0.6) is 0 Å². The van der Waals surface area contributed by atoms with E-state index in [1.807, 2.05) is 30.3 Å². The van der Waals surface area contributed by atoms with Crippen LogP contribution >= 0.6 is 11.6 Å². The van der Waals surface area contributed by atoms with Gasteiger partial charge in [0.1, 0.15) is 5.82 Å². The molecule has 18 heavy (non-hydrogen) atoms. The predicted octanol–water partition coefficient (Wildman–Crippen LogP) is 4.11. The quantitative estimate of drug-likeness (QED) is 0.883. The van der Waals surface area contributed by atoms with Gasteiger partial charge in [0.15, 0.2) is 0 Å². The summed E-state index contributed by atoms with van der Waals surface area (Å²) in [6, 6.07) is 14.3. The number of rotatable bonds is 4. The van der Waals surface area contributed by atoms with E-state index in [1.54, 1.807) is 12.1 Å². The first-order valence-corrected chi connectivity index (χ1v) is 6.29. The van der Waals surface area contributed by atoms with E-state index in [-0.39, 0.29) is 11.9 Å². The molecule has 0 saturated heterocycles. The summed E-state index contributed by atoms with van der Waals surface area (Å²) in [6.45, 7) is 0. The van der Waals surface area contributed by atoms with Crippen molar-refractivity contribution in [1.82, 2.24) is 0 Å². The molecule has 2 aromatic rings. The van der Waals surface area contributed by atoms with Crippen LogP contribution < -0.4 is 5.73 Å². The highest BCUT2D eigenvalue weighted by molar-refractivity contribution is 6.31. The Labute approximate surface area is 111 Å². The van der Waals surface area contributed by atoms with Gasteiger partial charge in [-0.25, -0.2) is 4.39 Å². The second kappa shape index (κ2) is 5.98. The summed E-state index contributed by atoms with van der Waals surface area (Å²) >= 11 is 5.99. The Morgan fingerprint density at radius 1 is 1.06 bits per heavy atom. The Morgan fingerprint density at radius 3 is 2.44 bits per heavy atom. The first-order chi connectivity index (χ1) is 8.68. The smallest absolute Gasteiger partial charge is 0.129 e. The summed E-state index contributed by atoms with van der Waals surface area (Å²) in [6.07, 6.45) is 1.48. The molecule has 0 saturated carbocycles. The number of benzene rings is 2. The summed E-state index contributed by atoms with van der Waals surface area (Å²) in [7, 11) is 0. The minimum atomic E-state index is -0.376. The average molecular weight is 264 g/mol. The average Bonchev–Trinajstić information content (AvgIpc) is 2.37. The molecule has 2 rings (SSSR count). The van der Waals surface area contributed by atoms with Crippen molar-refractivity contribution in [3.8, 4) is 0 Å². The first-order valence-electron chi connectivity index (χ1n) is 5.92. The fourth-order valence-electron chi connectivity index (χ4n) is 1.98. The lowest BCUT2D eigenvalue weighted by atomic mass is 9.99. The summed E-state index contributed by atoms with van der Waals surface area (Å²) in [5.41, 5.74) is 7.63. The highest BCUT2D eigenvalue weighted by Crippen LogP contribution is 2.27. The Kier molecular flexibility index (Phi) is 4.34. The topological polar surface area (TPSA) is 26.0 Å². The third kappa shape index (κ3) is 3.09. The molecule has 0 heterocycles. The number of halogens is 2. The Balaban J connectivity index is 2.06. The molecule has 0 aliphatic heterocycles. The predicted molar refractivity (Wildman–Crippen MR) is 73.1 cm³/mol. The SMILES string of the molecule is NC(CCc1ccccc1)c1c(F)cccc1Cl. The van der Waals surface area contributed by atoms with E-state index in [1.165, 1.54) is 11.6 Å². The van der Waals surface area contributed by atoms with E-state index in [0.29, 0.717) is 17.0 Å². The maximum absolute atomic E-state index is 13.7. The van der Waals surface area contributed by atoms with E-state index in [2.05, 4.69) is 0 Å². The monoisotopic (exact) mass is 263 g/mol. The summed E-state index contributed by atoms with van der Waals surface area (Å²) in [4.78, 5) is 0. The van der Waals surface area contributed by atoms with E-state index in [0.717, 1.165) is 6.42 Å². The molecule has 2 N–H and O–H groups in total. The van der Waals surface area contributed by atoms with Gasteiger partial charge in [0.2, 0.25) is 0 Å². The van der Waals surface area contributed by atoms with Crippen molar-refractivity contribution in [3.63, 3.8) is 0 Å². The van der Waals surface area contributed by atoms with Gasteiger partial charge in [0, 0.05) is 16.6 Å². The largest absolute Gasteiger partial charge is 0.324 e. The zero-order valence-electron chi connectivity index (χ0n) is 9.94. The third-order valence-electron chi connectivity index (χ3n) is 2.96. The zero-order valence-corrected chi connectivity index (χ0v) is 10.7. The summed E-state index contributed by atoms with van der Waals surface area (Å²) in [5.74, 6) is -0.330. The van der Waals surface area contributed by atoms with Crippen LogP contribution in [0.15, 0.2) is 48.5 Å². The van der Waals surface area contributed by atoms with Crippen LogP contribution in [0, 0.1) is 5.82 Å². The molecule has 0 fully saturated rings. The Hall–Kier alpha value is -1.38. The second-order valence-corrected chi connectivity index (χ2v) is 4.67. The van der Waals surface area contributed by atoms with Crippen LogP contribution in [0.4, 0.5) is 4.39 Å². The van der Waals surface area contributed by atoms with Gasteiger partial charge in [-0.15, -0.1) is 0 Å². The molecule has 0 radical (unpaired) electrons. The zero-order chi connectivity index (χ0) is 13.0. The fraction of sp³-hybridized carbons (Fsp3) is 0.200. The maximum Gasteiger partial charge on any atom is 0.129 e. The molecule has 1 unspecified atom stereocenters. The van der Waals surface area contributed by atoms with Crippen LogP contribution in [-0.2, 0) is 6.42 Å². The molecule has 1 atom stereocenters. The minimum absolute atomic E-state index is 0.330. The molecule has 0 aliphatic carbocycles. The van der Waals surface area contributed by atoms with Crippen LogP contribution in [0.1, 0.15) is 23.6 Å². The Morgan fingerprint density at radius 2 is 1.78 bits per heavy atom. The summed E-state index contributed by atoms with van der Waals surface area (Å²) in [5, 5.41) is 0.399. The molecule has 1 nitrogen and oxygen atoms in total. The molecule has 0 aromatic heterocycles. The molecular formula is C15H15ClFN. The van der Waals surface area contributed by atoms with Crippen molar-refractivity contribution >= 4 is 11.6 Å². The van der Waals surface area contributed by atoms with E-state index in [9.17, 15) is 4.39 Å². The van der Waals surface area contributed by atoms with Gasteiger partial charge in [-0.3, -0.25) is 0 Å². The number of hydrogen-bond donors (Lipinski definition) is 1. The van der Waals surface area contributed by atoms with Gasteiger partial charge in [0.25, 0.3) is 0 Å². The van der Waals surface area contributed by atoms with Crippen molar-refractivity contribution < 1.29 is 4.39 Å². The number of hydrogen-bond acceptors (Lipinski definition) is 1. The second-order valence-electron chi connectivity index (χ2n) is 4.27. The molecule has 2 aromatic carbocycles. The minimum Gasteiger partial charge on any atom is -0.324 e. The van der Waals surface area contributed by atoms with Crippen molar-refractivity contribution in [3.05, 3.63) is 70.5 Å². The summed E-state index contributed by atoms with van der Waals surface area (Å²) < 4.78 is 13.7. The van der Waals surface area contributed by atoms with Gasteiger partial charge in [-0.1, -0.05) is 48.0 Å². The lowest BCUT2D eigenvalue weighted by molar-refractivity contribution is 0.564. The van der Waals surface area contributed by atoms with Crippen LogP contribution in [0.25, 0.3) is 0 Å². The van der Waals surface area contributed by atoms with Crippen LogP contribution in [0.3, 0.4) is 0 Å². The fourth-order valence-corrected chi connectivity index (χ4v) is 2.28. The van der Waals surface area contributed by atoms with Gasteiger partial charge in [-0.05, 0) is 30.5 Å². The van der Waals surface area contributed by atoms with Gasteiger partial charge < -0.3 is 5.73 Å².